The minimum absolute atomic E-state index is 0.0240. The number of amides is 1. The molecule has 88 valence electrons. The summed E-state index contributed by atoms with van der Waals surface area (Å²) in [5.74, 6) is 1.13. The SMILES string of the molecule is CCCC(CN)C(=O)NCCCC1CC1. The molecule has 1 saturated carbocycles. The minimum Gasteiger partial charge on any atom is -0.356 e. The van der Waals surface area contributed by atoms with E-state index in [-0.39, 0.29) is 11.8 Å². The highest BCUT2D eigenvalue weighted by molar-refractivity contribution is 5.78. The number of carbonyl (C=O) groups is 1. The largest absolute Gasteiger partial charge is 0.356 e. The highest BCUT2D eigenvalue weighted by Crippen LogP contribution is 2.33. The van der Waals surface area contributed by atoms with Crippen molar-refractivity contribution in [3.05, 3.63) is 0 Å². The Bertz CT molecular complexity index is 190. The number of nitrogens with two attached hydrogens (primary N) is 1. The second kappa shape index (κ2) is 6.83. The second-order valence-corrected chi connectivity index (χ2v) is 4.60. The van der Waals surface area contributed by atoms with Crippen molar-refractivity contribution in [1.29, 1.82) is 0 Å². The zero-order valence-electron chi connectivity index (χ0n) is 9.80. The first-order valence-corrected chi connectivity index (χ1v) is 6.25. The van der Waals surface area contributed by atoms with E-state index in [1.165, 1.54) is 19.3 Å². The van der Waals surface area contributed by atoms with Crippen LogP contribution in [0.2, 0.25) is 0 Å². The smallest absolute Gasteiger partial charge is 0.224 e. The summed E-state index contributed by atoms with van der Waals surface area (Å²) in [6.07, 6.45) is 7.13. The average Bonchev–Trinajstić information content (AvgIpc) is 3.04. The summed E-state index contributed by atoms with van der Waals surface area (Å²) in [5.41, 5.74) is 5.56. The Balaban J connectivity index is 2.03. The van der Waals surface area contributed by atoms with Crippen molar-refractivity contribution in [1.82, 2.24) is 5.32 Å². The van der Waals surface area contributed by atoms with E-state index in [4.69, 9.17) is 5.73 Å². The third-order valence-electron chi connectivity index (χ3n) is 3.08. The van der Waals surface area contributed by atoms with Crippen LogP contribution in [0, 0.1) is 11.8 Å². The molecular weight excluding hydrogens is 188 g/mol. The van der Waals surface area contributed by atoms with Crippen molar-refractivity contribution < 1.29 is 4.79 Å². The van der Waals surface area contributed by atoms with Gasteiger partial charge in [0.2, 0.25) is 5.91 Å². The number of hydrogen-bond acceptors (Lipinski definition) is 2. The van der Waals surface area contributed by atoms with E-state index >= 15 is 0 Å². The van der Waals surface area contributed by atoms with Gasteiger partial charge in [-0.05, 0) is 25.2 Å². The molecule has 0 spiro atoms. The average molecular weight is 212 g/mol. The Hall–Kier alpha value is -0.570. The van der Waals surface area contributed by atoms with Gasteiger partial charge in [0.05, 0.1) is 5.92 Å². The van der Waals surface area contributed by atoms with E-state index in [2.05, 4.69) is 12.2 Å². The zero-order chi connectivity index (χ0) is 11.1. The molecule has 0 heterocycles. The van der Waals surface area contributed by atoms with Crippen molar-refractivity contribution >= 4 is 5.91 Å². The fourth-order valence-corrected chi connectivity index (χ4v) is 1.86. The molecule has 1 aliphatic carbocycles. The molecule has 1 rings (SSSR count). The lowest BCUT2D eigenvalue weighted by atomic mass is 10.0. The molecule has 0 aliphatic heterocycles. The van der Waals surface area contributed by atoms with E-state index in [9.17, 15) is 4.79 Å². The van der Waals surface area contributed by atoms with Gasteiger partial charge in [-0.1, -0.05) is 26.2 Å². The molecule has 1 fully saturated rings. The van der Waals surface area contributed by atoms with E-state index < -0.39 is 0 Å². The molecular formula is C12H24N2O. The molecule has 1 amide bonds. The molecule has 0 aromatic carbocycles. The van der Waals surface area contributed by atoms with Crippen LogP contribution < -0.4 is 11.1 Å². The summed E-state index contributed by atoms with van der Waals surface area (Å²) in [4.78, 5) is 11.6. The third-order valence-corrected chi connectivity index (χ3v) is 3.08. The molecule has 1 aliphatic rings. The Morgan fingerprint density at radius 1 is 1.53 bits per heavy atom. The molecule has 1 atom stereocenters. The Morgan fingerprint density at radius 2 is 2.27 bits per heavy atom. The third kappa shape index (κ3) is 5.17. The second-order valence-electron chi connectivity index (χ2n) is 4.60. The van der Waals surface area contributed by atoms with Gasteiger partial charge in [-0.3, -0.25) is 4.79 Å². The molecule has 3 heteroatoms. The van der Waals surface area contributed by atoms with Gasteiger partial charge in [0, 0.05) is 13.1 Å². The van der Waals surface area contributed by atoms with E-state index in [1.54, 1.807) is 0 Å². The van der Waals surface area contributed by atoms with Gasteiger partial charge >= 0.3 is 0 Å². The molecule has 3 nitrogen and oxygen atoms in total. The topological polar surface area (TPSA) is 55.1 Å². The summed E-state index contributed by atoms with van der Waals surface area (Å²) in [6, 6.07) is 0. The van der Waals surface area contributed by atoms with E-state index in [0.29, 0.717) is 6.54 Å². The van der Waals surface area contributed by atoms with Gasteiger partial charge in [0.1, 0.15) is 0 Å². The number of carbonyl (C=O) groups excluding carboxylic acids is 1. The maximum atomic E-state index is 11.6. The van der Waals surface area contributed by atoms with Gasteiger partial charge in [0.15, 0.2) is 0 Å². The van der Waals surface area contributed by atoms with E-state index in [1.807, 2.05) is 0 Å². The molecule has 0 saturated heterocycles. The molecule has 0 aromatic heterocycles. The van der Waals surface area contributed by atoms with Crippen LogP contribution in [-0.2, 0) is 4.79 Å². The van der Waals surface area contributed by atoms with Crippen LogP contribution in [0.25, 0.3) is 0 Å². The summed E-state index contributed by atoms with van der Waals surface area (Å²) in [6.45, 7) is 3.39. The minimum atomic E-state index is 0.0240. The van der Waals surface area contributed by atoms with Crippen LogP contribution in [0.3, 0.4) is 0 Å². The Labute approximate surface area is 92.8 Å². The van der Waals surface area contributed by atoms with Crippen LogP contribution in [-0.4, -0.2) is 19.0 Å². The van der Waals surface area contributed by atoms with Gasteiger partial charge < -0.3 is 11.1 Å². The molecule has 15 heavy (non-hydrogen) atoms. The van der Waals surface area contributed by atoms with Crippen molar-refractivity contribution in [2.75, 3.05) is 13.1 Å². The lowest BCUT2D eigenvalue weighted by molar-refractivity contribution is -0.124. The fourth-order valence-electron chi connectivity index (χ4n) is 1.86. The predicted molar refractivity (Wildman–Crippen MR) is 62.4 cm³/mol. The van der Waals surface area contributed by atoms with E-state index in [0.717, 1.165) is 31.7 Å². The Kier molecular flexibility index (Phi) is 5.69. The predicted octanol–water partition coefficient (Wildman–Crippen LogP) is 1.67. The van der Waals surface area contributed by atoms with Gasteiger partial charge in [0.25, 0.3) is 0 Å². The number of nitrogens with one attached hydrogen (secondary N) is 1. The summed E-state index contributed by atoms with van der Waals surface area (Å²) >= 11 is 0. The van der Waals surface area contributed by atoms with Crippen LogP contribution in [0.15, 0.2) is 0 Å². The maximum absolute atomic E-state index is 11.6. The zero-order valence-corrected chi connectivity index (χ0v) is 9.80. The molecule has 0 aromatic rings. The summed E-state index contributed by atoms with van der Waals surface area (Å²) < 4.78 is 0. The molecule has 3 N–H and O–H groups in total. The van der Waals surface area contributed by atoms with Gasteiger partial charge in [-0.2, -0.15) is 0 Å². The molecule has 1 unspecified atom stereocenters. The first kappa shape index (κ1) is 12.5. The van der Waals surface area contributed by atoms with Crippen molar-refractivity contribution in [3.8, 4) is 0 Å². The Morgan fingerprint density at radius 3 is 2.80 bits per heavy atom. The lowest BCUT2D eigenvalue weighted by Crippen LogP contribution is -2.35. The molecule has 0 radical (unpaired) electrons. The molecule has 0 bridgehead atoms. The monoisotopic (exact) mass is 212 g/mol. The standard InChI is InChI=1S/C12H24N2O/c1-2-4-11(9-13)12(15)14-8-3-5-10-6-7-10/h10-11H,2-9,13H2,1H3,(H,14,15). The fraction of sp³-hybridized carbons (Fsp3) is 0.917. The van der Waals surface area contributed by atoms with Crippen molar-refractivity contribution in [2.45, 2.75) is 45.4 Å². The van der Waals surface area contributed by atoms with Crippen LogP contribution in [0.1, 0.15) is 45.4 Å². The highest BCUT2D eigenvalue weighted by Gasteiger charge is 2.20. The normalized spacial score (nSPS) is 17.5. The number of rotatable bonds is 8. The quantitative estimate of drug-likeness (QED) is 0.601. The van der Waals surface area contributed by atoms with Crippen molar-refractivity contribution in [2.24, 2.45) is 17.6 Å². The highest BCUT2D eigenvalue weighted by atomic mass is 16.1. The van der Waals surface area contributed by atoms with Crippen LogP contribution >= 0.6 is 0 Å². The van der Waals surface area contributed by atoms with Gasteiger partial charge in [-0.15, -0.1) is 0 Å². The first-order valence-electron chi connectivity index (χ1n) is 6.25. The van der Waals surface area contributed by atoms with Crippen LogP contribution in [0.5, 0.6) is 0 Å². The summed E-state index contributed by atoms with van der Waals surface area (Å²) in [5, 5.41) is 2.98. The summed E-state index contributed by atoms with van der Waals surface area (Å²) in [7, 11) is 0. The first-order chi connectivity index (χ1) is 7.27. The number of hydrogen-bond donors (Lipinski definition) is 2. The van der Waals surface area contributed by atoms with Gasteiger partial charge in [-0.25, -0.2) is 0 Å². The van der Waals surface area contributed by atoms with Crippen LogP contribution in [0.4, 0.5) is 0 Å². The maximum Gasteiger partial charge on any atom is 0.224 e. The lowest BCUT2D eigenvalue weighted by Gasteiger charge is -2.13. The van der Waals surface area contributed by atoms with Crippen molar-refractivity contribution in [3.63, 3.8) is 0 Å².